The van der Waals surface area contributed by atoms with E-state index in [2.05, 4.69) is 15.0 Å². The van der Waals surface area contributed by atoms with Crippen LogP contribution in [0.2, 0.25) is 0 Å². The predicted octanol–water partition coefficient (Wildman–Crippen LogP) is 6.84. The van der Waals surface area contributed by atoms with Crippen molar-refractivity contribution in [1.82, 2.24) is 15.0 Å². The second-order valence-electron chi connectivity index (χ2n) is 10.2. The Bertz CT molecular complexity index is 2080. The summed E-state index contributed by atoms with van der Waals surface area (Å²) in [6.45, 7) is 0.860. The lowest BCUT2D eigenvalue weighted by Crippen LogP contribution is -2.40. The van der Waals surface area contributed by atoms with Crippen LogP contribution >= 0.6 is 11.3 Å². The normalized spacial score (nSPS) is 15.6. The number of aromatic nitrogens is 3. The van der Waals surface area contributed by atoms with Gasteiger partial charge in [0.2, 0.25) is 0 Å². The molecule has 0 aliphatic carbocycles. The summed E-state index contributed by atoms with van der Waals surface area (Å²) >= 11 is 0.607. The number of thiophene rings is 1. The van der Waals surface area contributed by atoms with Crippen molar-refractivity contribution in [3.63, 3.8) is 0 Å². The molecule has 17 heteroatoms. The molecule has 0 amide bonds. The summed E-state index contributed by atoms with van der Waals surface area (Å²) in [5.74, 6) is -4.26. The van der Waals surface area contributed by atoms with Gasteiger partial charge in [0, 0.05) is 22.7 Å². The van der Waals surface area contributed by atoms with Gasteiger partial charge < -0.3 is 25.8 Å². The van der Waals surface area contributed by atoms with Crippen LogP contribution in [0.3, 0.4) is 0 Å². The number of ether oxygens (including phenoxy) is 2. The van der Waals surface area contributed by atoms with Crippen LogP contribution in [0, 0.1) is 23.0 Å². The second kappa shape index (κ2) is 11.1. The van der Waals surface area contributed by atoms with E-state index in [1.54, 1.807) is 6.07 Å². The molecule has 2 aromatic carbocycles. The second-order valence-corrected chi connectivity index (χ2v) is 11.3. The average Bonchev–Trinajstić information content (AvgIpc) is 3.27. The zero-order valence-corrected chi connectivity index (χ0v) is 24.4. The van der Waals surface area contributed by atoms with Crippen molar-refractivity contribution >= 4 is 49.0 Å². The average molecular weight is 664 g/mol. The number of nitrogens with zero attached hydrogens (tertiary/aromatic N) is 5. The third-order valence-corrected chi connectivity index (χ3v) is 8.50. The molecular formula is C29H20F7N7O2S. The molecule has 5 aromatic rings. The molecule has 0 bridgehead atoms. The van der Waals surface area contributed by atoms with E-state index in [0.29, 0.717) is 11.3 Å². The Kier molecular flexibility index (Phi) is 7.42. The highest BCUT2D eigenvalue weighted by molar-refractivity contribution is 7.23. The first-order valence-electron chi connectivity index (χ1n) is 13.3. The molecule has 4 N–H and O–H groups in total. The number of halogens is 7. The number of anilines is 3. The highest BCUT2D eigenvalue weighted by Gasteiger charge is 2.46. The molecule has 1 aliphatic rings. The summed E-state index contributed by atoms with van der Waals surface area (Å²) in [4.78, 5) is 12.9. The fourth-order valence-electron chi connectivity index (χ4n) is 5.68. The number of hydrogen-bond acceptors (Lipinski definition) is 10. The lowest BCUT2D eigenvalue weighted by atomic mass is 9.91. The fraction of sp³-hybridized carbons (Fsp3) is 0.241. The maximum absolute atomic E-state index is 16.9. The number of pyridine rings is 1. The number of methoxy groups -OCH3 is 1. The third kappa shape index (κ3) is 4.71. The predicted molar refractivity (Wildman–Crippen MR) is 156 cm³/mol. The van der Waals surface area contributed by atoms with E-state index < -0.39 is 88.1 Å². The lowest BCUT2D eigenvalue weighted by Gasteiger charge is -2.33. The number of nitriles is 1. The zero-order chi connectivity index (χ0) is 33.2. The number of alkyl halides is 5. The standard InChI is InChI=1S/C29H20F7N7O2S/c1-10-9-43(21(24(32)33)12-4-3-7-40-25(12)38)27-17-20(41-28(42-27)44-2)19(31)16(18(22(17)45-10)29(34,35)36)11-5-6-14(30)23-15(11)13(8-37)26(39)46-23/h3-7,10,21,24H,9,39H2,1-2H3,(H2,38,40). The quantitative estimate of drug-likeness (QED) is 0.194. The van der Waals surface area contributed by atoms with Gasteiger partial charge in [-0.2, -0.15) is 28.4 Å². The lowest BCUT2D eigenvalue weighted by molar-refractivity contribution is -0.138. The molecule has 0 fully saturated rings. The zero-order valence-electron chi connectivity index (χ0n) is 23.6. The Labute approximate surface area is 258 Å². The molecule has 46 heavy (non-hydrogen) atoms. The van der Waals surface area contributed by atoms with Crippen molar-refractivity contribution in [3.8, 4) is 29.0 Å². The SMILES string of the molecule is COc1nc2c3c(c(C(F)(F)F)c(-c4ccc(F)c5sc(N)c(C#N)c45)c(F)c3n1)OC(C)CN2C(c1cccnc1N)C(F)F. The minimum atomic E-state index is -5.35. The highest BCUT2D eigenvalue weighted by Crippen LogP contribution is 2.54. The van der Waals surface area contributed by atoms with Crippen molar-refractivity contribution in [2.24, 2.45) is 0 Å². The molecule has 6 rings (SSSR count). The van der Waals surface area contributed by atoms with Crippen molar-refractivity contribution in [1.29, 1.82) is 5.26 Å². The number of rotatable bonds is 5. The molecule has 1 aliphatic heterocycles. The summed E-state index contributed by atoms with van der Waals surface area (Å²) in [7, 11) is 1.10. The first-order valence-corrected chi connectivity index (χ1v) is 14.1. The molecule has 0 spiro atoms. The first kappa shape index (κ1) is 30.9. The first-order chi connectivity index (χ1) is 21.8. The van der Waals surface area contributed by atoms with Gasteiger partial charge in [-0.25, -0.2) is 22.5 Å². The van der Waals surface area contributed by atoms with E-state index in [1.807, 2.05) is 0 Å². The van der Waals surface area contributed by atoms with Gasteiger partial charge in [0.1, 0.15) is 57.5 Å². The summed E-state index contributed by atoms with van der Waals surface area (Å²) in [5, 5.41) is 8.54. The molecule has 238 valence electrons. The number of benzene rings is 2. The molecule has 0 saturated carbocycles. The van der Waals surface area contributed by atoms with Gasteiger partial charge in [-0.3, -0.25) is 0 Å². The summed E-state index contributed by atoms with van der Waals surface area (Å²) in [6.07, 6.45) is -8.50. The molecule has 0 saturated heterocycles. The van der Waals surface area contributed by atoms with Crippen LogP contribution in [-0.2, 0) is 6.18 Å². The van der Waals surface area contributed by atoms with Gasteiger partial charge in [-0.05, 0) is 24.6 Å². The number of nitrogens with two attached hydrogens (primary N) is 2. The minimum Gasteiger partial charge on any atom is -0.487 e. The van der Waals surface area contributed by atoms with Crippen LogP contribution in [0.25, 0.3) is 32.1 Å². The largest absolute Gasteiger partial charge is 0.487 e. The van der Waals surface area contributed by atoms with Crippen molar-refractivity contribution in [2.75, 3.05) is 30.0 Å². The van der Waals surface area contributed by atoms with Crippen LogP contribution in [0.15, 0.2) is 30.5 Å². The highest BCUT2D eigenvalue weighted by atomic mass is 32.1. The van der Waals surface area contributed by atoms with Crippen molar-refractivity contribution in [3.05, 3.63) is 58.8 Å². The van der Waals surface area contributed by atoms with Crippen LogP contribution in [0.5, 0.6) is 11.8 Å². The Morgan fingerprint density at radius 2 is 1.89 bits per heavy atom. The van der Waals surface area contributed by atoms with E-state index in [1.165, 1.54) is 25.3 Å². The Morgan fingerprint density at radius 3 is 2.52 bits per heavy atom. The number of fused-ring (bicyclic) bond motifs is 1. The molecule has 0 radical (unpaired) electrons. The van der Waals surface area contributed by atoms with Gasteiger partial charge in [0.25, 0.3) is 6.43 Å². The van der Waals surface area contributed by atoms with Crippen LogP contribution in [0.1, 0.15) is 29.7 Å². The molecular weight excluding hydrogens is 643 g/mol. The van der Waals surface area contributed by atoms with Crippen LogP contribution in [-0.4, -0.2) is 41.1 Å². The monoisotopic (exact) mass is 663 g/mol. The number of hydrogen-bond donors (Lipinski definition) is 2. The maximum Gasteiger partial charge on any atom is 0.420 e. The third-order valence-electron chi connectivity index (χ3n) is 7.48. The number of nitrogen functional groups attached to an aromatic ring is 2. The molecule has 9 nitrogen and oxygen atoms in total. The fourth-order valence-corrected chi connectivity index (χ4v) is 6.63. The van der Waals surface area contributed by atoms with E-state index in [4.69, 9.17) is 20.9 Å². The molecule has 4 heterocycles. The van der Waals surface area contributed by atoms with Gasteiger partial charge in [0.05, 0.1) is 29.3 Å². The van der Waals surface area contributed by atoms with Crippen LogP contribution in [0.4, 0.5) is 47.4 Å². The van der Waals surface area contributed by atoms with E-state index >= 15 is 17.6 Å². The van der Waals surface area contributed by atoms with E-state index in [9.17, 15) is 18.4 Å². The summed E-state index contributed by atoms with van der Waals surface area (Å²) < 4.78 is 118. The Balaban J connectivity index is 1.80. The van der Waals surface area contributed by atoms with Crippen molar-refractivity contribution in [2.45, 2.75) is 31.7 Å². The van der Waals surface area contributed by atoms with E-state index in [-0.39, 0.29) is 32.0 Å². The topological polar surface area (TPSA) is 136 Å². The van der Waals surface area contributed by atoms with Crippen molar-refractivity contribution < 1.29 is 40.2 Å². The van der Waals surface area contributed by atoms with Gasteiger partial charge in [-0.15, -0.1) is 11.3 Å². The van der Waals surface area contributed by atoms with E-state index in [0.717, 1.165) is 24.1 Å². The van der Waals surface area contributed by atoms with Crippen LogP contribution < -0.4 is 25.8 Å². The summed E-state index contributed by atoms with van der Waals surface area (Å²) in [6, 6.07) is 3.60. The minimum absolute atomic E-state index is 0.167. The van der Waals surface area contributed by atoms with Gasteiger partial charge in [0.15, 0.2) is 5.82 Å². The molecule has 3 aromatic heterocycles. The van der Waals surface area contributed by atoms with Gasteiger partial charge >= 0.3 is 12.2 Å². The molecule has 2 atom stereocenters. The van der Waals surface area contributed by atoms with Gasteiger partial charge in [-0.1, -0.05) is 12.1 Å². The summed E-state index contributed by atoms with van der Waals surface area (Å²) in [5.41, 5.74) is 7.23. The molecule has 2 unspecified atom stereocenters. The Hall–Kier alpha value is -5.11. The Morgan fingerprint density at radius 1 is 1.15 bits per heavy atom. The smallest absolute Gasteiger partial charge is 0.420 e. The maximum atomic E-state index is 16.9.